The molecule has 35 heavy (non-hydrogen) atoms. The summed E-state index contributed by atoms with van der Waals surface area (Å²) in [5.41, 5.74) is 5.75. The van der Waals surface area contributed by atoms with Gasteiger partial charge in [0, 0.05) is 36.9 Å². The number of aromatic nitrogens is 6. The van der Waals surface area contributed by atoms with Crippen LogP contribution in [0.2, 0.25) is 5.02 Å². The fraction of sp³-hybridized carbons (Fsp3) is 0.280. The molecule has 0 unspecified atom stereocenters. The zero-order valence-corrected chi connectivity index (χ0v) is 19.9. The molecule has 178 valence electrons. The summed E-state index contributed by atoms with van der Waals surface area (Å²) in [6.07, 6.45) is 12.0. The van der Waals surface area contributed by atoms with E-state index in [-0.39, 0.29) is 19.1 Å². The number of amides is 1. The van der Waals surface area contributed by atoms with Crippen LogP contribution < -0.4 is 5.32 Å². The molecule has 1 saturated carbocycles. The molecule has 0 aromatic carbocycles. The number of pyridine rings is 2. The van der Waals surface area contributed by atoms with Crippen LogP contribution in [0.3, 0.4) is 0 Å². The van der Waals surface area contributed by atoms with Gasteiger partial charge in [0.25, 0.3) is 5.91 Å². The number of rotatable bonds is 8. The van der Waals surface area contributed by atoms with Gasteiger partial charge in [-0.25, -0.2) is 9.97 Å². The minimum absolute atomic E-state index is 0.231. The predicted octanol–water partition coefficient (Wildman–Crippen LogP) is 3.83. The molecule has 6 rings (SSSR count). The van der Waals surface area contributed by atoms with Crippen LogP contribution in [-0.2, 0) is 24.4 Å². The Kier molecular flexibility index (Phi) is 5.50. The molecule has 1 amide bonds. The first-order valence-corrected chi connectivity index (χ1v) is 11.9. The number of nitrogens with one attached hydrogen (secondary N) is 1. The molecule has 1 fully saturated rings. The number of nitrogens with zero attached hydrogens (tertiary/aromatic N) is 6. The van der Waals surface area contributed by atoms with Crippen LogP contribution in [0.25, 0.3) is 11.2 Å². The highest BCUT2D eigenvalue weighted by Gasteiger charge is 2.24. The van der Waals surface area contributed by atoms with Crippen molar-refractivity contribution in [1.29, 1.82) is 0 Å². The van der Waals surface area contributed by atoms with E-state index in [4.69, 9.17) is 21.3 Å². The molecule has 5 aromatic heterocycles. The van der Waals surface area contributed by atoms with Crippen LogP contribution in [0.4, 0.5) is 0 Å². The largest absolute Gasteiger partial charge is 0.378 e. The van der Waals surface area contributed by atoms with Crippen molar-refractivity contribution in [3.8, 4) is 0 Å². The lowest BCUT2D eigenvalue weighted by molar-refractivity contribution is 0.0945. The van der Waals surface area contributed by atoms with E-state index < -0.39 is 0 Å². The Labute approximate surface area is 206 Å². The quantitative estimate of drug-likeness (QED) is 0.357. The van der Waals surface area contributed by atoms with E-state index >= 15 is 0 Å². The van der Waals surface area contributed by atoms with E-state index in [9.17, 15) is 4.79 Å². The van der Waals surface area contributed by atoms with Gasteiger partial charge in [-0.1, -0.05) is 17.7 Å². The van der Waals surface area contributed by atoms with Gasteiger partial charge >= 0.3 is 0 Å². The summed E-state index contributed by atoms with van der Waals surface area (Å²) in [5.74, 6) is 0.446. The van der Waals surface area contributed by atoms with Crippen LogP contribution in [0.1, 0.15) is 51.8 Å². The van der Waals surface area contributed by atoms with Crippen molar-refractivity contribution in [2.75, 3.05) is 7.11 Å². The summed E-state index contributed by atoms with van der Waals surface area (Å²) in [6.45, 7) is 0.951. The number of methoxy groups -OCH3 is 1. The third kappa shape index (κ3) is 4.40. The van der Waals surface area contributed by atoms with Crippen molar-refractivity contribution in [3.05, 3.63) is 88.6 Å². The molecule has 1 aliphatic rings. The number of carbonyl (C=O) groups is 1. The monoisotopic (exact) mass is 489 g/mol. The molecule has 0 bridgehead atoms. The standard InChI is InChI=1S/C25H24ClN7O2/c1-35-14-22-20(25(34)27-9-21-23-8-18(26)6-7-31(23)15-28-21)13-33(30-22)12-19-11-32-10-17(16-2-3-16)4-5-24(32)29-19/h4-8,10-11,13,15-16H,2-3,9,12,14H2,1H3,(H,27,34). The van der Waals surface area contributed by atoms with Crippen LogP contribution in [0.5, 0.6) is 0 Å². The zero-order valence-electron chi connectivity index (χ0n) is 19.2. The van der Waals surface area contributed by atoms with Crippen molar-refractivity contribution in [3.63, 3.8) is 0 Å². The number of carbonyl (C=O) groups excluding carboxylic acids is 1. The summed E-state index contributed by atoms with van der Waals surface area (Å²) < 4.78 is 11.0. The average molecular weight is 490 g/mol. The van der Waals surface area contributed by atoms with E-state index in [0.717, 1.165) is 22.6 Å². The molecule has 1 aliphatic carbocycles. The number of ether oxygens (including phenoxy) is 1. The van der Waals surface area contributed by atoms with E-state index in [0.29, 0.717) is 28.7 Å². The Morgan fingerprint density at radius 3 is 2.89 bits per heavy atom. The Bertz CT molecular complexity index is 1550. The van der Waals surface area contributed by atoms with Gasteiger partial charge in [0.1, 0.15) is 11.3 Å². The van der Waals surface area contributed by atoms with Crippen LogP contribution in [0, 0.1) is 0 Å². The van der Waals surface area contributed by atoms with Gasteiger partial charge in [-0.05, 0) is 42.5 Å². The summed E-state index contributed by atoms with van der Waals surface area (Å²) >= 11 is 6.12. The highest BCUT2D eigenvalue weighted by molar-refractivity contribution is 6.30. The molecule has 0 saturated heterocycles. The molecular weight excluding hydrogens is 466 g/mol. The molecule has 0 aliphatic heterocycles. The molecule has 1 N–H and O–H groups in total. The smallest absolute Gasteiger partial charge is 0.255 e. The Hall–Kier alpha value is -3.69. The second kappa shape index (κ2) is 8.83. The number of hydrogen-bond acceptors (Lipinski definition) is 5. The number of imidazole rings is 2. The van der Waals surface area contributed by atoms with Crippen molar-refractivity contribution >= 4 is 28.7 Å². The second-order valence-electron chi connectivity index (χ2n) is 8.87. The van der Waals surface area contributed by atoms with E-state index in [1.807, 2.05) is 22.9 Å². The third-order valence-corrected chi connectivity index (χ3v) is 6.49. The number of fused-ring (bicyclic) bond motifs is 2. The Morgan fingerprint density at radius 2 is 2.06 bits per heavy atom. The summed E-state index contributed by atoms with van der Waals surface area (Å²) in [7, 11) is 1.58. The summed E-state index contributed by atoms with van der Waals surface area (Å²) in [5, 5.41) is 8.16. The third-order valence-electron chi connectivity index (χ3n) is 6.26. The van der Waals surface area contributed by atoms with Gasteiger partial charge in [-0.3, -0.25) is 9.48 Å². The van der Waals surface area contributed by atoms with Crippen LogP contribution in [-0.4, -0.2) is 41.6 Å². The van der Waals surface area contributed by atoms with Gasteiger partial charge in [0.05, 0.1) is 48.5 Å². The van der Waals surface area contributed by atoms with E-state index in [1.54, 1.807) is 30.4 Å². The lowest BCUT2D eigenvalue weighted by Gasteiger charge is -2.04. The van der Waals surface area contributed by atoms with Crippen molar-refractivity contribution in [2.24, 2.45) is 0 Å². The maximum Gasteiger partial charge on any atom is 0.255 e. The topological polar surface area (TPSA) is 90.8 Å². The zero-order chi connectivity index (χ0) is 23.9. The van der Waals surface area contributed by atoms with Gasteiger partial charge in [0.2, 0.25) is 0 Å². The number of halogens is 1. The van der Waals surface area contributed by atoms with Crippen LogP contribution >= 0.6 is 11.6 Å². The van der Waals surface area contributed by atoms with Gasteiger partial charge in [-0.15, -0.1) is 0 Å². The molecule has 10 heteroatoms. The minimum Gasteiger partial charge on any atom is -0.378 e. The summed E-state index contributed by atoms with van der Waals surface area (Å²) in [6, 6.07) is 7.84. The Balaban J connectivity index is 1.20. The SMILES string of the molecule is COCc1nn(Cc2cn3cc(C4CC4)ccc3n2)cc1C(=O)NCc1ncn2ccc(Cl)cc12. The molecule has 0 radical (unpaired) electrons. The van der Waals surface area contributed by atoms with E-state index in [1.165, 1.54) is 18.4 Å². The van der Waals surface area contributed by atoms with E-state index in [2.05, 4.69) is 38.1 Å². The molecule has 9 nitrogen and oxygen atoms in total. The molecule has 5 heterocycles. The maximum absolute atomic E-state index is 13.1. The van der Waals surface area contributed by atoms with Crippen LogP contribution in [0.15, 0.2) is 55.4 Å². The average Bonchev–Trinajstić information content (AvgIpc) is 3.33. The van der Waals surface area contributed by atoms with Gasteiger partial charge in [-0.2, -0.15) is 5.10 Å². The van der Waals surface area contributed by atoms with Gasteiger partial charge < -0.3 is 18.9 Å². The van der Waals surface area contributed by atoms with Gasteiger partial charge in [0.15, 0.2) is 0 Å². The molecule has 5 aromatic rings. The fourth-order valence-corrected chi connectivity index (χ4v) is 4.51. The first-order valence-electron chi connectivity index (χ1n) is 11.5. The number of hydrogen-bond donors (Lipinski definition) is 1. The molecule has 0 atom stereocenters. The fourth-order valence-electron chi connectivity index (χ4n) is 4.35. The second-order valence-corrected chi connectivity index (χ2v) is 9.30. The first-order chi connectivity index (χ1) is 17.1. The normalized spacial score (nSPS) is 13.7. The minimum atomic E-state index is -0.240. The lowest BCUT2D eigenvalue weighted by atomic mass is 10.2. The predicted molar refractivity (Wildman–Crippen MR) is 131 cm³/mol. The molecule has 0 spiro atoms. The highest BCUT2D eigenvalue weighted by atomic mass is 35.5. The highest BCUT2D eigenvalue weighted by Crippen LogP contribution is 2.39. The van der Waals surface area contributed by atoms with Crippen molar-refractivity contribution in [1.82, 2.24) is 33.9 Å². The van der Waals surface area contributed by atoms with Crippen molar-refractivity contribution in [2.45, 2.75) is 38.5 Å². The molecular formula is C25H24ClN7O2. The first kappa shape index (κ1) is 21.8. The Morgan fingerprint density at radius 1 is 1.17 bits per heavy atom. The lowest BCUT2D eigenvalue weighted by Crippen LogP contribution is -2.24. The summed E-state index contributed by atoms with van der Waals surface area (Å²) in [4.78, 5) is 22.2. The maximum atomic E-state index is 13.1. The van der Waals surface area contributed by atoms with Crippen molar-refractivity contribution < 1.29 is 9.53 Å².